The van der Waals surface area contributed by atoms with Gasteiger partial charge in [-0.25, -0.2) is 9.18 Å². The lowest BCUT2D eigenvalue weighted by atomic mass is 9.85. The normalized spacial score (nSPS) is 29.5. The topological polar surface area (TPSA) is 175 Å². The smallest absolute Gasteiger partial charge is 0.372 e. The van der Waals surface area contributed by atoms with Gasteiger partial charge in [0.05, 0.1) is 25.8 Å². The van der Waals surface area contributed by atoms with E-state index in [4.69, 9.17) is 9.84 Å². The minimum atomic E-state index is -4.05. The number of rotatable bonds is 8. The fourth-order valence-electron chi connectivity index (χ4n) is 3.28. The number of carboxylic acids is 1. The van der Waals surface area contributed by atoms with Gasteiger partial charge in [-0.3, -0.25) is 9.59 Å². The van der Waals surface area contributed by atoms with E-state index in [1.807, 2.05) is 0 Å². The zero-order chi connectivity index (χ0) is 24.2. The Kier molecular flexibility index (Phi) is 8.07. The van der Waals surface area contributed by atoms with Gasteiger partial charge >= 0.3 is 11.8 Å². The number of aliphatic carboxylic acids is 1. The molecule has 2 rings (SSSR count). The lowest BCUT2D eigenvalue weighted by molar-refractivity contribution is -0.277. The molecule has 1 aromatic rings. The molecule has 13 heteroatoms. The highest BCUT2D eigenvalue weighted by molar-refractivity contribution is 5.94. The Labute approximate surface area is 180 Å². The number of hydrogen-bond donors (Lipinski definition) is 6. The molecule has 2 amide bonds. The van der Waals surface area contributed by atoms with Crippen molar-refractivity contribution in [1.29, 1.82) is 0 Å². The summed E-state index contributed by atoms with van der Waals surface area (Å²) in [6, 6.07) is 1.67. The predicted molar refractivity (Wildman–Crippen MR) is 102 cm³/mol. The van der Waals surface area contributed by atoms with E-state index >= 15 is 8.78 Å². The third-order valence-electron chi connectivity index (χ3n) is 4.95. The van der Waals surface area contributed by atoms with Crippen LogP contribution in [0.15, 0.2) is 24.3 Å². The van der Waals surface area contributed by atoms with Crippen molar-refractivity contribution >= 4 is 17.8 Å². The lowest BCUT2D eigenvalue weighted by Crippen LogP contribution is -2.74. The van der Waals surface area contributed by atoms with Crippen molar-refractivity contribution in [3.05, 3.63) is 29.8 Å². The number of carbonyl (C=O) groups excluding carboxylic acids is 2. The molecule has 0 spiro atoms. The molecule has 0 aromatic heterocycles. The monoisotopic (exact) mass is 462 g/mol. The SMILES string of the molecule is COc1ccc(C(=O)N[C@H]2C(F)C(F)(C(=O)O)O[C@@H]([C@H](O)[C@H](O)CO)[C@@H]2NC(C)=O)cc1. The molecule has 0 saturated carbocycles. The second kappa shape index (κ2) is 10.2. The number of hydrogen-bond acceptors (Lipinski definition) is 8. The van der Waals surface area contributed by atoms with Crippen LogP contribution in [0.5, 0.6) is 5.75 Å². The molecular formula is C19H24F2N2O9. The van der Waals surface area contributed by atoms with Crippen LogP contribution < -0.4 is 15.4 Å². The number of aliphatic hydroxyl groups is 3. The molecule has 1 aliphatic rings. The zero-order valence-electron chi connectivity index (χ0n) is 17.1. The van der Waals surface area contributed by atoms with Gasteiger partial charge in [0.1, 0.15) is 24.1 Å². The zero-order valence-corrected chi connectivity index (χ0v) is 17.1. The average Bonchev–Trinajstić information content (AvgIpc) is 2.76. The van der Waals surface area contributed by atoms with Crippen molar-refractivity contribution in [3.8, 4) is 5.75 Å². The summed E-state index contributed by atoms with van der Waals surface area (Å²) in [5, 5.41) is 42.6. The summed E-state index contributed by atoms with van der Waals surface area (Å²) in [6.45, 7) is -0.0435. The van der Waals surface area contributed by atoms with Crippen molar-refractivity contribution in [1.82, 2.24) is 10.6 Å². The number of amides is 2. The van der Waals surface area contributed by atoms with Crippen LogP contribution in [0, 0.1) is 0 Å². The maximum atomic E-state index is 15.1. The van der Waals surface area contributed by atoms with Crippen LogP contribution in [0.1, 0.15) is 17.3 Å². The molecule has 0 radical (unpaired) electrons. The van der Waals surface area contributed by atoms with E-state index in [1.165, 1.54) is 31.4 Å². The summed E-state index contributed by atoms with van der Waals surface area (Å²) in [7, 11) is 1.39. The van der Waals surface area contributed by atoms with Crippen LogP contribution in [-0.4, -0.2) is 94.3 Å². The first-order valence-corrected chi connectivity index (χ1v) is 9.39. The highest BCUT2D eigenvalue weighted by Gasteiger charge is 2.63. The standard InChI is InChI=1S/C19H24F2N2O9/c1-8(25)22-12-13(23-17(28)9-3-5-10(31-2)6-4-9)16(20)19(21,18(29)30)32-15(12)14(27)11(26)7-24/h3-6,11-16,24,26-27H,7H2,1-2H3,(H,22,25)(H,23,28)(H,29,30)/t11-,12-,13-,14-,15-,16?,19?/m1/s1. The number of benzene rings is 1. The van der Waals surface area contributed by atoms with Gasteiger partial charge in [0.2, 0.25) is 5.91 Å². The van der Waals surface area contributed by atoms with E-state index in [9.17, 15) is 29.7 Å². The molecule has 1 aromatic carbocycles. The number of alkyl halides is 2. The van der Waals surface area contributed by atoms with E-state index in [1.54, 1.807) is 0 Å². The minimum Gasteiger partial charge on any atom is -0.497 e. The molecule has 0 bridgehead atoms. The molecule has 32 heavy (non-hydrogen) atoms. The highest BCUT2D eigenvalue weighted by atomic mass is 19.2. The third kappa shape index (κ3) is 5.12. The van der Waals surface area contributed by atoms with Gasteiger partial charge in [0.15, 0.2) is 6.17 Å². The van der Waals surface area contributed by atoms with Crippen LogP contribution in [0.4, 0.5) is 8.78 Å². The van der Waals surface area contributed by atoms with Gasteiger partial charge in [-0.05, 0) is 24.3 Å². The first-order valence-electron chi connectivity index (χ1n) is 9.39. The number of nitrogens with one attached hydrogen (secondary N) is 2. The quantitative estimate of drug-likeness (QED) is 0.269. The average molecular weight is 462 g/mol. The molecule has 2 unspecified atom stereocenters. The third-order valence-corrected chi connectivity index (χ3v) is 4.95. The summed E-state index contributed by atoms with van der Waals surface area (Å²) >= 11 is 0. The van der Waals surface area contributed by atoms with E-state index < -0.39 is 66.8 Å². The Hall–Kier alpha value is -2.87. The summed E-state index contributed by atoms with van der Waals surface area (Å²) in [6.07, 6.45) is -9.20. The Bertz CT molecular complexity index is 841. The number of aliphatic hydroxyl groups excluding tert-OH is 3. The van der Waals surface area contributed by atoms with Gasteiger partial charge in [0.25, 0.3) is 5.91 Å². The van der Waals surface area contributed by atoms with Gasteiger partial charge in [-0.2, -0.15) is 4.39 Å². The van der Waals surface area contributed by atoms with Crippen molar-refractivity contribution < 1.29 is 53.1 Å². The molecule has 1 saturated heterocycles. The van der Waals surface area contributed by atoms with E-state index in [0.29, 0.717) is 5.75 Å². The number of carboxylic acid groups (broad SMARTS) is 1. The van der Waals surface area contributed by atoms with Crippen molar-refractivity contribution in [2.24, 2.45) is 0 Å². The van der Waals surface area contributed by atoms with Crippen molar-refractivity contribution in [3.63, 3.8) is 0 Å². The number of halogens is 2. The van der Waals surface area contributed by atoms with Crippen LogP contribution >= 0.6 is 0 Å². The Morgan fingerprint density at radius 1 is 1.19 bits per heavy atom. The molecule has 6 N–H and O–H groups in total. The lowest BCUT2D eigenvalue weighted by Gasteiger charge is -2.47. The summed E-state index contributed by atoms with van der Waals surface area (Å²) in [5.74, 6) is -7.81. The largest absolute Gasteiger partial charge is 0.497 e. The second-order valence-electron chi connectivity index (χ2n) is 7.13. The van der Waals surface area contributed by atoms with Crippen LogP contribution in [0.2, 0.25) is 0 Å². The number of methoxy groups -OCH3 is 1. The van der Waals surface area contributed by atoms with Crippen LogP contribution in [-0.2, 0) is 14.3 Å². The van der Waals surface area contributed by atoms with Crippen molar-refractivity contribution in [2.75, 3.05) is 13.7 Å². The fraction of sp³-hybridized carbons (Fsp3) is 0.526. The van der Waals surface area contributed by atoms with Gasteiger partial charge < -0.3 is 40.5 Å². The van der Waals surface area contributed by atoms with E-state index in [2.05, 4.69) is 15.4 Å². The van der Waals surface area contributed by atoms with Gasteiger partial charge in [-0.15, -0.1) is 0 Å². The molecule has 1 heterocycles. The molecular weight excluding hydrogens is 438 g/mol. The molecule has 1 fully saturated rings. The highest BCUT2D eigenvalue weighted by Crippen LogP contribution is 2.36. The molecule has 0 aliphatic carbocycles. The molecule has 11 nitrogen and oxygen atoms in total. The maximum absolute atomic E-state index is 15.1. The Balaban J connectivity index is 2.47. The number of carbonyl (C=O) groups is 3. The molecule has 7 atom stereocenters. The molecule has 1 aliphatic heterocycles. The number of ether oxygens (including phenoxy) is 2. The molecule has 178 valence electrons. The predicted octanol–water partition coefficient (Wildman–Crippen LogP) is -1.50. The summed E-state index contributed by atoms with van der Waals surface area (Å²) in [4.78, 5) is 35.8. The Morgan fingerprint density at radius 3 is 2.25 bits per heavy atom. The van der Waals surface area contributed by atoms with Crippen molar-refractivity contribution in [2.45, 2.75) is 49.3 Å². The Morgan fingerprint density at radius 2 is 1.78 bits per heavy atom. The summed E-state index contributed by atoms with van der Waals surface area (Å²) in [5.41, 5.74) is -0.0293. The summed E-state index contributed by atoms with van der Waals surface area (Å²) < 4.78 is 39.8. The second-order valence-corrected chi connectivity index (χ2v) is 7.13. The van der Waals surface area contributed by atoms with Gasteiger partial charge in [-0.1, -0.05) is 0 Å². The first kappa shape index (κ1) is 25.4. The van der Waals surface area contributed by atoms with Crippen LogP contribution in [0.25, 0.3) is 0 Å². The van der Waals surface area contributed by atoms with Gasteiger partial charge in [0, 0.05) is 12.5 Å². The first-order chi connectivity index (χ1) is 15.0. The van der Waals surface area contributed by atoms with Crippen LogP contribution in [0.3, 0.4) is 0 Å². The van der Waals surface area contributed by atoms with E-state index in [0.717, 1.165) is 6.92 Å². The minimum absolute atomic E-state index is 0.0293. The fourth-order valence-corrected chi connectivity index (χ4v) is 3.28. The maximum Gasteiger partial charge on any atom is 0.372 e. The van der Waals surface area contributed by atoms with E-state index in [-0.39, 0.29) is 5.56 Å².